The van der Waals surface area contributed by atoms with Crippen LogP contribution in [0, 0.1) is 0 Å². The van der Waals surface area contributed by atoms with Crippen LogP contribution in [0.15, 0.2) is 29.2 Å². The van der Waals surface area contributed by atoms with Crippen LogP contribution < -0.4 is 5.32 Å². The van der Waals surface area contributed by atoms with Gasteiger partial charge in [-0.2, -0.15) is 0 Å². The fourth-order valence-electron chi connectivity index (χ4n) is 2.34. The molecule has 1 aliphatic rings. The number of benzene rings is 1. The molecule has 0 spiro atoms. The molecule has 112 valence electrons. The average molecular weight is 298 g/mol. The Morgan fingerprint density at radius 1 is 1.35 bits per heavy atom. The Labute approximate surface area is 121 Å². The fraction of sp³-hybridized carbons (Fsp3) is 0.571. The van der Waals surface area contributed by atoms with Crippen molar-refractivity contribution in [2.45, 2.75) is 36.8 Å². The van der Waals surface area contributed by atoms with E-state index in [9.17, 15) is 8.42 Å². The van der Waals surface area contributed by atoms with E-state index in [4.69, 9.17) is 4.74 Å². The highest BCUT2D eigenvalue weighted by Gasteiger charge is 2.25. The minimum absolute atomic E-state index is 0.0796. The third-order valence-electron chi connectivity index (χ3n) is 3.55. The summed E-state index contributed by atoms with van der Waals surface area (Å²) in [5, 5.41) is 3.28. The van der Waals surface area contributed by atoms with Crippen LogP contribution in [0.5, 0.6) is 0 Å². The van der Waals surface area contributed by atoms with Crippen LogP contribution in [0.3, 0.4) is 0 Å². The van der Waals surface area contributed by atoms with Gasteiger partial charge in [0, 0.05) is 26.7 Å². The van der Waals surface area contributed by atoms with E-state index in [1.165, 1.54) is 18.4 Å². The number of rotatable bonds is 5. The predicted molar refractivity (Wildman–Crippen MR) is 79.4 cm³/mol. The molecule has 5 nitrogen and oxygen atoms in total. The van der Waals surface area contributed by atoms with Crippen molar-refractivity contribution in [3.63, 3.8) is 0 Å². The second kappa shape index (κ2) is 6.11. The van der Waals surface area contributed by atoms with Gasteiger partial charge in [0.05, 0.1) is 11.8 Å². The monoisotopic (exact) mass is 298 g/mol. The summed E-state index contributed by atoms with van der Waals surface area (Å²) in [6.45, 7) is 2.81. The van der Waals surface area contributed by atoms with Crippen molar-refractivity contribution in [2.75, 3.05) is 26.0 Å². The van der Waals surface area contributed by atoms with Crippen molar-refractivity contribution >= 4 is 15.7 Å². The van der Waals surface area contributed by atoms with Gasteiger partial charge < -0.3 is 10.1 Å². The summed E-state index contributed by atoms with van der Waals surface area (Å²) in [6.07, 6.45) is 2.22. The first-order chi connectivity index (χ1) is 9.43. The third kappa shape index (κ3) is 3.13. The first-order valence-electron chi connectivity index (χ1n) is 6.82. The Hall–Kier alpha value is -1.11. The lowest BCUT2D eigenvalue weighted by atomic mass is 10.1. The number of ether oxygens (including phenoxy) is 1. The maximum absolute atomic E-state index is 12.3. The standard InChI is InChI=1S/C14H22N2O3S/c1-11(13-8-6-10-19-13)15-12-7-4-5-9-14(12)20(17,18)16(2)3/h4-5,7,9,11,13,15H,6,8,10H2,1-3H3. The van der Waals surface area contributed by atoms with Crippen LogP contribution in [0.4, 0.5) is 5.69 Å². The summed E-state index contributed by atoms with van der Waals surface area (Å²) in [6, 6.07) is 7.07. The Morgan fingerprint density at radius 2 is 2.05 bits per heavy atom. The third-order valence-corrected chi connectivity index (χ3v) is 5.42. The van der Waals surface area contributed by atoms with E-state index in [1.807, 2.05) is 13.0 Å². The molecule has 1 aromatic carbocycles. The van der Waals surface area contributed by atoms with E-state index < -0.39 is 10.0 Å². The molecule has 2 unspecified atom stereocenters. The van der Waals surface area contributed by atoms with E-state index in [1.54, 1.807) is 18.2 Å². The summed E-state index contributed by atoms with van der Waals surface area (Å²) < 4.78 is 31.5. The van der Waals surface area contributed by atoms with Crippen LogP contribution in [0.2, 0.25) is 0 Å². The van der Waals surface area contributed by atoms with Crippen LogP contribution >= 0.6 is 0 Å². The van der Waals surface area contributed by atoms with Gasteiger partial charge in [-0.1, -0.05) is 12.1 Å². The summed E-state index contributed by atoms with van der Waals surface area (Å²) in [7, 11) is -0.372. The van der Waals surface area contributed by atoms with Gasteiger partial charge in [0.1, 0.15) is 4.90 Å². The van der Waals surface area contributed by atoms with Gasteiger partial charge in [0.25, 0.3) is 0 Å². The molecule has 0 saturated carbocycles. The molecule has 2 rings (SSSR count). The predicted octanol–water partition coefficient (Wildman–Crippen LogP) is 1.92. The molecule has 1 fully saturated rings. The van der Waals surface area contributed by atoms with E-state index >= 15 is 0 Å². The van der Waals surface area contributed by atoms with Crippen molar-refractivity contribution < 1.29 is 13.2 Å². The fourth-order valence-corrected chi connectivity index (χ4v) is 3.39. The van der Waals surface area contributed by atoms with E-state index in [0.29, 0.717) is 10.6 Å². The lowest BCUT2D eigenvalue weighted by Gasteiger charge is -2.23. The minimum atomic E-state index is -3.45. The maximum Gasteiger partial charge on any atom is 0.244 e. The van der Waals surface area contributed by atoms with Crippen LogP contribution in [-0.2, 0) is 14.8 Å². The molecule has 6 heteroatoms. The number of para-hydroxylation sites is 1. The molecule has 1 heterocycles. The Balaban J connectivity index is 2.24. The zero-order chi connectivity index (χ0) is 14.8. The number of hydrogen-bond donors (Lipinski definition) is 1. The van der Waals surface area contributed by atoms with E-state index in [2.05, 4.69) is 5.32 Å². The van der Waals surface area contributed by atoms with Gasteiger partial charge in [0.2, 0.25) is 10.0 Å². The lowest BCUT2D eigenvalue weighted by molar-refractivity contribution is 0.0996. The van der Waals surface area contributed by atoms with Crippen molar-refractivity contribution in [2.24, 2.45) is 0 Å². The van der Waals surface area contributed by atoms with Gasteiger partial charge in [-0.3, -0.25) is 0 Å². The molecule has 1 aliphatic heterocycles. The summed E-state index contributed by atoms with van der Waals surface area (Å²) in [5.74, 6) is 0. The minimum Gasteiger partial charge on any atom is -0.379 e. The van der Waals surface area contributed by atoms with E-state index in [0.717, 1.165) is 19.4 Å². The zero-order valence-corrected chi connectivity index (χ0v) is 13.0. The highest BCUT2D eigenvalue weighted by Crippen LogP contribution is 2.26. The highest BCUT2D eigenvalue weighted by atomic mass is 32.2. The van der Waals surface area contributed by atoms with Gasteiger partial charge in [-0.05, 0) is 31.9 Å². The Kier molecular flexibility index (Phi) is 4.67. The van der Waals surface area contributed by atoms with Gasteiger partial charge in [-0.25, -0.2) is 12.7 Å². The van der Waals surface area contributed by atoms with Crippen molar-refractivity contribution in [1.82, 2.24) is 4.31 Å². The molecule has 1 saturated heterocycles. The van der Waals surface area contributed by atoms with Crippen LogP contribution in [0.1, 0.15) is 19.8 Å². The summed E-state index contributed by atoms with van der Waals surface area (Å²) >= 11 is 0. The van der Waals surface area contributed by atoms with Gasteiger partial charge >= 0.3 is 0 Å². The van der Waals surface area contributed by atoms with E-state index in [-0.39, 0.29) is 12.1 Å². The molecule has 2 atom stereocenters. The lowest BCUT2D eigenvalue weighted by Crippen LogP contribution is -2.31. The SMILES string of the molecule is CC(Nc1ccccc1S(=O)(=O)N(C)C)C1CCCO1. The molecular formula is C14H22N2O3S. The van der Waals surface area contributed by atoms with Crippen LogP contribution in [0.25, 0.3) is 0 Å². The molecule has 0 bridgehead atoms. The normalized spacial score (nSPS) is 21.1. The molecule has 1 N–H and O–H groups in total. The maximum atomic E-state index is 12.3. The zero-order valence-electron chi connectivity index (χ0n) is 12.2. The second-order valence-corrected chi connectivity index (χ2v) is 7.39. The van der Waals surface area contributed by atoms with Crippen molar-refractivity contribution in [3.05, 3.63) is 24.3 Å². The molecule has 1 aromatic rings. The number of hydrogen-bond acceptors (Lipinski definition) is 4. The Morgan fingerprint density at radius 3 is 2.65 bits per heavy atom. The van der Waals surface area contributed by atoms with Gasteiger partial charge in [-0.15, -0.1) is 0 Å². The number of nitrogens with one attached hydrogen (secondary N) is 1. The second-order valence-electron chi connectivity index (χ2n) is 5.27. The summed E-state index contributed by atoms with van der Waals surface area (Å²) in [5.41, 5.74) is 0.629. The smallest absolute Gasteiger partial charge is 0.244 e. The van der Waals surface area contributed by atoms with Crippen molar-refractivity contribution in [1.29, 1.82) is 0 Å². The molecule has 0 amide bonds. The number of sulfonamides is 1. The first-order valence-corrected chi connectivity index (χ1v) is 8.26. The molecule has 0 radical (unpaired) electrons. The Bertz CT molecular complexity index is 551. The topological polar surface area (TPSA) is 58.6 Å². The van der Waals surface area contributed by atoms with Crippen LogP contribution in [-0.4, -0.2) is 45.6 Å². The quantitative estimate of drug-likeness (QED) is 0.902. The van der Waals surface area contributed by atoms with Gasteiger partial charge in [0.15, 0.2) is 0 Å². The summed E-state index contributed by atoms with van der Waals surface area (Å²) in [4.78, 5) is 0.301. The first kappa shape index (κ1) is 15.3. The number of anilines is 1. The molecule has 20 heavy (non-hydrogen) atoms. The molecular weight excluding hydrogens is 276 g/mol. The average Bonchev–Trinajstić information content (AvgIpc) is 2.93. The molecule has 0 aliphatic carbocycles. The highest BCUT2D eigenvalue weighted by molar-refractivity contribution is 7.89. The largest absolute Gasteiger partial charge is 0.379 e. The molecule has 0 aromatic heterocycles. The van der Waals surface area contributed by atoms with Crippen molar-refractivity contribution in [3.8, 4) is 0 Å². The number of nitrogens with zero attached hydrogens (tertiary/aromatic N) is 1.